The van der Waals surface area contributed by atoms with Gasteiger partial charge in [-0.15, -0.1) is 0 Å². The quantitative estimate of drug-likeness (QED) is 0.383. The summed E-state index contributed by atoms with van der Waals surface area (Å²) in [6.07, 6.45) is 6.67. The van der Waals surface area contributed by atoms with Crippen LogP contribution in [0.15, 0.2) is 54.3 Å². The summed E-state index contributed by atoms with van der Waals surface area (Å²) < 4.78 is 1.85. The van der Waals surface area contributed by atoms with E-state index >= 15 is 0 Å². The lowest BCUT2D eigenvalue weighted by atomic mass is 10.1. The first-order chi connectivity index (χ1) is 12.5. The molecule has 0 spiro atoms. The minimum atomic E-state index is 0.0919. The van der Waals surface area contributed by atoms with Crippen LogP contribution in [0.3, 0.4) is 0 Å². The normalized spacial score (nSPS) is 11.6. The second-order valence-electron chi connectivity index (χ2n) is 5.25. The van der Waals surface area contributed by atoms with Crippen molar-refractivity contribution < 1.29 is 4.84 Å². The van der Waals surface area contributed by atoms with Gasteiger partial charge in [0.2, 0.25) is 0 Å². The molecule has 0 unspecified atom stereocenters. The zero-order valence-corrected chi connectivity index (χ0v) is 16.3. The summed E-state index contributed by atoms with van der Waals surface area (Å²) >= 11 is 24.2. The molecule has 0 aliphatic carbocycles. The Kier molecular flexibility index (Phi) is 6.38. The van der Waals surface area contributed by atoms with E-state index in [0.717, 1.165) is 0 Å². The Morgan fingerprint density at radius 3 is 2.58 bits per heavy atom. The number of imidazole rings is 1. The van der Waals surface area contributed by atoms with Crippen molar-refractivity contribution in [3.05, 3.63) is 80.5 Å². The molecule has 0 aliphatic rings. The maximum atomic E-state index is 6.31. The zero-order valence-electron chi connectivity index (χ0n) is 13.2. The third-order valence-corrected chi connectivity index (χ3v) is 4.48. The molecule has 2 heterocycles. The maximum absolute atomic E-state index is 6.31. The molecule has 0 atom stereocenters. The van der Waals surface area contributed by atoms with Crippen molar-refractivity contribution >= 4 is 52.1 Å². The number of pyridine rings is 1. The lowest BCUT2D eigenvalue weighted by Gasteiger charge is -2.10. The Morgan fingerprint density at radius 2 is 1.88 bits per heavy atom. The molecule has 0 saturated carbocycles. The lowest BCUT2D eigenvalue weighted by molar-refractivity contribution is 0.127. The van der Waals surface area contributed by atoms with Crippen LogP contribution in [-0.2, 0) is 18.0 Å². The third-order valence-electron chi connectivity index (χ3n) is 3.39. The first-order valence-electron chi connectivity index (χ1n) is 7.43. The van der Waals surface area contributed by atoms with Crippen molar-refractivity contribution in [2.75, 3.05) is 0 Å². The van der Waals surface area contributed by atoms with Gasteiger partial charge in [-0.1, -0.05) is 51.6 Å². The highest BCUT2D eigenvalue weighted by Crippen LogP contribution is 2.23. The molecule has 9 heteroatoms. The molecular weight excluding hydrogens is 418 g/mol. The van der Waals surface area contributed by atoms with Crippen LogP contribution < -0.4 is 0 Å². The van der Waals surface area contributed by atoms with Gasteiger partial charge < -0.3 is 9.40 Å². The predicted molar refractivity (Wildman–Crippen MR) is 104 cm³/mol. The molecule has 0 bridgehead atoms. The van der Waals surface area contributed by atoms with Gasteiger partial charge in [0.05, 0.1) is 33.6 Å². The first-order valence-corrected chi connectivity index (χ1v) is 8.94. The average molecular weight is 430 g/mol. The smallest absolute Gasteiger partial charge is 0.160 e. The standard InChI is InChI=1S/C17H12Cl4N4O/c18-11-1-2-13(14(20)5-11)16(8-25-4-3-22-10-25)24-26-9-17-15(21)6-12(19)7-23-17/h1-7,10H,8-9H2/b24-16+. The van der Waals surface area contributed by atoms with Crippen LogP contribution in [0.4, 0.5) is 0 Å². The van der Waals surface area contributed by atoms with Crippen molar-refractivity contribution in [3.63, 3.8) is 0 Å². The monoisotopic (exact) mass is 428 g/mol. The van der Waals surface area contributed by atoms with Gasteiger partial charge >= 0.3 is 0 Å². The fraction of sp³-hybridized carbons (Fsp3) is 0.118. The van der Waals surface area contributed by atoms with Crippen LogP contribution in [-0.4, -0.2) is 20.2 Å². The SMILES string of the molecule is Clc1ccc(/C(Cn2ccnc2)=N/OCc2ncc(Cl)cc2Cl)c(Cl)c1. The van der Waals surface area contributed by atoms with Crippen LogP contribution in [0.5, 0.6) is 0 Å². The first kappa shape index (κ1) is 19.0. The molecule has 3 rings (SSSR count). The van der Waals surface area contributed by atoms with Crippen LogP contribution in [0.1, 0.15) is 11.3 Å². The fourth-order valence-electron chi connectivity index (χ4n) is 2.16. The number of hydrogen-bond donors (Lipinski definition) is 0. The van der Waals surface area contributed by atoms with Gasteiger partial charge in [0.25, 0.3) is 0 Å². The number of oxime groups is 1. The molecule has 5 nitrogen and oxygen atoms in total. The van der Waals surface area contributed by atoms with Crippen molar-refractivity contribution in [2.45, 2.75) is 13.2 Å². The van der Waals surface area contributed by atoms with E-state index < -0.39 is 0 Å². The van der Waals surface area contributed by atoms with E-state index in [1.165, 1.54) is 6.20 Å². The summed E-state index contributed by atoms with van der Waals surface area (Å²) in [7, 11) is 0. The molecule has 0 fully saturated rings. The average Bonchev–Trinajstić information content (AvgIpc) is 3.09. The highest BCUT2D eigenvalue weighted by Gasteiger charge is 2.12. The minimum Gasteiger partial charge on any atom is -0.389 e. The summed E-state index contributed by atoms with van der Waals surface area (Å²) in [5.74, 6) is 0. The molecule has 1 aromatic carbocycles. The Hall–Kier alpha value is -1.79. The van der Waals surface area contributed by atoms with Crippen molar-refractivity contribution in [3.8, 4) is 0 Å². The van der Waals surface area contributed by atoms with Gasteiger partial charge in [0.15, 0.2) is 6.61 Å². The fourth-order valence-corrected chi connectivity index (χ4v) is 3.11. The molecular formula is C17H12Cl4N4O. The van der Waals surface area contributed by atoms with Gasteiger partial charge in [-0.2, -0.15) is 0 Å². The molecule has 134 valence electrons. The number of hydrogen-bond acceptors (Lipinski definition) is 4. The third kappa shape index (κ3) is 4.89. The number of halogens is 4. The number of rotatable bonds is 6. The largest absolute Gasteiger partial charge is 0.389 e. The molecule has 0 amide bonds. The van der Waals surface area contributed by atoms with Gasteiger partial charge in [-0.3, -0.25) is 4.98 Å². The second-order valence-corrected chi connectivity index (χ2v) is 6.94. The minimum absolute atomic E-state index is 0.0919. The summed E-state index contributed by atoms with van der Waals surface area (Å²) in [4.78, 5) is 13.6. The van der Waals surface area contributed by atoms with E-state index in [4.69, 9.17) is 51.2 Å². The number of aromatic nitrogens is 3. The van der Waals surface area contributed by atoms with E-state index in [-0.39, 0.29) is 6.61 Å². The van der Waals surface area contributed by atoms with Crippen LogP contribution >= 0.6 is 46.4 Å². The molecule has 0 saturated heterocycles. The number of nitrogens with zero attached hydrogens (tertiary/aromatic N) is 4. The predicted octanol–water partition coefficient (Wildman–Crippen LogP) is 5.51. The van der Waals surface area contributed by atoms with Crippen molar-refractivity contribution in [1.29, 1.82) is 0 Å². The molecule has 0 radical (unpaired) electrons. The van der Waals surface area contributed by atoms with E-state index in [1.54, 1.807) is 36.8 Å². The van der Waals surface area contributed by atoms with Gasteiger partial charge in [0.1, 0.15) is 5.71 Å². The Balaban J connectivity index is 1.83. The topological polar surface area (TPSA) is 52.3 Å². The zero-order chi connectivity index (χ0) is 18.5. The lowest BCUT2D eigenvalue weighted by Crippen LogP contribution is -2.12. The maximum Gasteiger partial charge on any atom is 0.160 e. The molecule has 2 aromatic heterocycles. The molecule has 0 aliphatic heterocycles. The van der Waals surface area contributed by atoms with Crippen molar-refractivity contribution in [2.24, 2.45) is 5.16 Å². The summed E-state index contributed by atoms with van der Waals surface area (Å²) in [6.45, 7) is 0.512. The highest BCUT2D eigenvalue weighted by atomic mass is 35.5. The van der Waals surface area contributed by atoms with Crippen LogP contribution in [0.2, 0.25) is 20.1 Å². The molecule has 26 heavy (non-hydrogen) atoms. The second kappa shape index (κ2) is 8.73. The Morgan fingerprint density at radius 1 is 1.08 bits per heavy atom. The summed E-state index contributed by atoms with van der Waals surface area (Å²) in [5, 5.41) is 6.11. The van der Waals surface area contributed by atoms with Crippen LogP contribution in [0, 0.1) is 0 Å². The Bertz CT molecular complexity index is 929. The van der Waals surface area contributed by atoms with E-state index in [1.807, 2.05) is 10.8 Å². The highest BCUT2D eigenvalue weighted by molar-refractivity contribution is 6.37. The summed E-state index contributed by atoms with van der Waals surface area (Å²) in [5.41, 5.74) is 1.85. The Labute approximate surface area is 170 Å². The van der Waals surface area contributed by atoms with Crippen molar-refractivity contribution in [1.82, 2.24) is 14.5 Å². The van der Waals surface area contributed by atoms with E-state index in [0.29, 0.717) is 43.6 Å². The van der Waals surface area contributed by atoms with Gasteiger partial charge in [0, 0.05) is 29.2 Å². The molecule has 3 aromatic rings. The van der Waals surface area contributed by atoms with E-state index in [2.05, 4.69) is 15.1 Å². The molecule has 0 N–H and O–H groups in total. The number of benzene rings is 1. The van der Waals surface area contributed by atoms with Gasteiger partial charge in [-0.05, 0) is 24.3 Å². The summed E-state index contributed by atoms with van der Waals surface area (Å²) in [6, 6.07) is 6.78. The van der Waals surface area contributed by atoms with E-state index in [9.17, 15) is 0 Å². The van der Waals surface area contributed by atoms with Gasteiger partial charge in [-0.25, -0.2) is 4.98 Å². The van der Waals surface area contributed by atoms with Crippen LogP contribution in [0.25, 0.3) is 0 Å².